The van der Waals surface area contributed by atoms with Crippen molar-refractivity contribution in [2.45, 2.75) is 33.2 Å². The van der Waals surface area contributed by atoms with Crippen molar-refractivity contribution in [3.8, 4) is 17.2 Å². The average Bonchev–Trinajstić information content (AvgIpc) is 3.14. The molecule has 148 valence electrons. The number of ether oxygens (including phenoxy) is 2. The maximum atomic E-state index is 12.6. The number of nitrogens with one attached hydrogen (secondary N) is 2. The molecule has 6 nitrogen and oxygen atoms in total. The number of aromatic hydroxyl groups is 1. The first-order valence-corrected chi connectivity index (χ1v) is 9.83. The third-order valence-corrected chi connectivity index (χ3v) is 5.84. The van der Waals surface area contributed by atoms with E-state index in [4.69, 9.17) is 9.47 Å². The number of carbonyl (C=O) groups is 1. The molecule has 0 atom stereocenters. The Labute approximate surface area is 165 Å². The van der Waals surface area contributed by atoms with Gasteiger partial charge in [-0.2, -0.15) is 0 Å². The number of phenolic OH excluding ortho intramolecular Hbond substituents is 1. The lowest BCUT2D eigenvalue weighted by Crippen LogP contribution is -3.11. The summed E-state index contributed by atoms with van der Waals surface area (Å²) in [6, 6.07) is 9.39. The van der Waals surface area contributed by atoms with E-state index in [1.54, 1.807) is 0 Å². The van der Waals surface area contributed by atoms with Gasteiger partial charge in [0.1, 0.15) is 12.3 Å². The number of quaternary nitrogens is 1. The van der Waals surface area contributed by atoms with Crippen molar-refractivity contribution in [2.24, 2.45) is 5.92 Å². The number of hydrogen-bond acceptors (Lipinski definition) is 4. The molecule has 0 bridgehead atoms. The van der Waals surface area contributed by atoms with Gasteiger partial charge in [0.25, 0.3) is 0 Å². The number of anilines is 1. The molecule has 0 unspecified atom stereocenters. The van der Waals surface area contributed by atoms with E-state index in [1.807, 2.05) is 31.2 Å². The normalized spacial score (nSPS) is 20.8. The molecule has 0 radical (unpaired) electrons. The fraction of sp³-hybridized carbons (Fsp3) is 0.409. The summed E-state index contributed by atoms with van der Waals surface area (Å²) in [4.78, 5) is 14.0. The molecule has 2 aliphatic rings. The molecule has 4 rings (SSSR count). The van der Waals surface area contributed by atoms with Crippen LogP contribution in [0.25, 0.3) is 0 Å². The Balaban J connectivity index is 1.31. The summed E-state index contributed by atoms with van der Waals surface area (Å²) in [5.41, 5.74) is 4.03. The summed E-state index contributed by atoms with van der Waals surface area (Å²) in [7, 11) is 0. The van der Waals surface area contributed by atoms with Crippen LogP contribution in [-0.2, 0) is 11.3 Å². The number of phenols is 1. The zero-order valence-electron chi connectivity index (χ0n) is 16.4. The summed E-state index contributed by atoms with van der Waals surface area (Å²) < 4.78 is 10.7. The topological polar surface area (TPSA) is 72.2 Å². The third-order valence-electron chi connectivity index (χ3n) is 5.84. The second kappa shape index (κ2) is 7.72. The molecule has 1 amide bonds. The minimum absolute atomic E-state index is 0.0162. The fourth-order valence-electron chi connectivity index (χ4n) is 3.96. The largest absolute Gasteiger partial charge is 0.507 e. The second-order valence-corrected chi connectivity index (χ2v) is 7.82. The fourth-order valence-corrected chi connectivity index (χ4v) is 3.96. The molecule has 2 heterocycles. The van der Waals surface area contributed by atoms with E-state index in [1.165, 1.54) is 10.5 Å². The number of rotatable bonds is 4. The Kier molecular flexibility index (Phi) is 5.13. The maximum absolute atomic E-state index is 12.6. The van der Waals surface area contributed by atoms with Crippen LogP contribution in [0.2, 0.25) is 0 Å². The average molecular weight is 383 g/mol. The van der Waals surface area contributed by atoms with E-state index in [0.717, 1.165) is 49.3 Å². The zero-order chi connectivity index (χ0) is 19.7. The van der Waals surface area contributed by atoms with Gasteiger partial charge in [-0.3, -0.25) is 4.79 Å². The highest BCUT2D eigenvalue weighted by Gasteiger charge is 2.28. The van der Waals surface area contributed by atoms with E-state index < -0.39 is 0 Å². The standard InChI is InChI=1S/C22H26N2O4/c1-14-9-17(19(25)10-15(14)2)12-24-7-5-16(6-8-24)22(26)23-18-3-4-20-21(11-18)28-13-27-20/h3-4,9-11,16,25H,5-8,12-13H2,1-2H3,(H,23,26)/p+1. The van der Waals surface area contributed by atoms with Gasteiger partial charge in [0.05, 0.1) is 13.1 Å². The van der Waals surface area contributed by atoms with Crippen LogP contribution in [-0.4, -0.2) is 30.9 Å². The quantitative estimate of drug-likeness (QED) is 0.757. The summed E-state index contributed by atoms with van der Waals surface area (Å²) in [6.45, 7) is 6.95. The molecule has 0 aromatic heterocycles. The van der Waals surface area contributed by atoms with E-state index in [9.17, 15) is 9.90 Å². The maximum Gasteiger partial charge on any atom is 0.231 e. The molecule has 6 heteroatoms. The molecule has 1 saturated heterocycles. The van der Waals surface area contributed by atoms with Gasteiger partial charge in [0.15, 0.2) is 11.5 Å². The van der Waals surface area contributed by atoms with Gasteiger partial charge in [-0.05, 0) is 49.2 Å². The second-order valence-electron chi connectivity index (χ2n) is 7.82. The number of hydrogen-bond donors (Lipinski definition) is 3. The van der Waals surface area contributed by atoms with Crippen LogP contribution >= 0.6 is 0 Å². The molecular weight excluding hydrogens is 356 g/mol. The highest BCUT2D eigenvalue weighted by Crippen LogP contribution is 2.34. The van der Waals surface area contributed by atoms with Gasteiger partial charge < -0.3 is 24.8 Å². The van der Waals surface area contributed by atoms with E-state index >= 15 is 0 Å². The van der Waals surface area contributed by atoms with Gasteiger partial charge in [-0.25, -0.2) is 0 Å². The van der Waals surface area contributed by atoms with Crippen molar-refractivity contribution < 1.29 is 24.3 Å². The van der Waals surface area contributed by atoms with Crippen LogP contribution < -0.4 is 19.7 Å². The highest BCUT2D eigenvalue weighted by molar-refractivity contribution is 5.92. The Morgan fingerprint density at radius 3 is 2.61 bits per heavy atom. The molecule has 3 N–H and O–H groups in total. The van der Waals surface area contributed by atoms with Crippen LogP contribution in [0, 0.1) is 19.8 Å². The summed E-state index contributed by atoms with van der Waals surface area (Å²) >= 11 is 0. The smallest absolute Gasteiger partial charge is 0.231 e. The van der Waals surface area contributed by atoms with Crippen LogP contribution in [0.4, 0.5) is 5.69 Å². The van der Waals surface area contributed by atoms with Gasteiger partial charge in [-0.1, -0.05) is 0 Å². The number of carbonyl (C=O) groups excluding carboxylic acids is 1. The third kappa shape index (κ3) is 3.92. The summed E-state index contributed by atoms with van der Waals surface area (Å²) in [5.74, 6) is 1.84. The molecule has 2 aromatic rings. The predicted octanol–water partition coefficient (Wildman–Crippen LogP) is 2.17. The number of aryl methyl sites for hydroxylation is 2. The van der Waals surface area contributed by atoms with Gasteiger partial charge in [0, 0.05) is 36.1 Å². The van der Waals surface area contributed by atoms with Crippen molar-refractivity contribution in [1.29, 1.82) is 0 Å². The molecule has 0 saturated carbocycles. The first-order chi connectivity index (χ1) is 13.5. The highest BCUT2D eigenvalue weighted by atomic mass is 16.7. The van der Waals surface area contributed by atoms with Crippen molar-refractivity contribution in [3.05, 3.63) is 47.0 Å². The van der Waals surface area contributed by atoms with Crippen LogP contribution in [0.1, 0.15) is 29.5 Å². The molecular formula is C22H27N2O4+. The molecule has 2 aromatic carbocycles. The number of likely N-dealkylation sites (tertiary alicyclic amines) is 1. The lowest BCUT2D eigenvalue weighted by atomic mass is 9.95. The lowest BCUT2D eigenvalue weighted by molar-refractivity contribution is -0.919. The van der Waals surface area contributed by atoms with Crippen molar-refractivity contribution in [3.63, 3.8) is 0 Å². The van der Waals surface area contributed by atoms with Gasteiger partial charge in [-0.15, -0.1) is 0 Å². The van der Waals surface area contributed by atoms with E-state index in [2.05, 4.69) is 18.3 Å². The Morgan fingerprint density at radius 1 is 1.11 bits per heavy atom. The summed E-state index contributed by atoms with van der Waals surface area (Å²) in [5, 5.41) is 13.2. The van der Waals surface area contributed by atoms with Crippen molar-refractivity contribution in [1.82, 2.24) is 0 Å². The van der Waals surface area contributed by atoms with Gasteiger partial charge >= 0.3 is 0 Å². The number of amides is 1. The van der Waals surface area contributed by atoms with Crippen molar-refractivity contribution in [2.75, 3.05) is 25.2 Å². The number of piperidine rings is 1. The zero-order valence-corrected chi connectivity index (χ0v) is 16.4. The van der Waals surface area contributed by atoms with Crippen LogP contribution in [0.5, 0.6) is 17.2 Å². The van der Waals surface area contributed by atoms with Crippen LogP contribution in [0.15, 0.2) is 30.3 Å². The minimum Gasteiger partial charge on any atom is -0.507 e. The van der Waals surface area contributed by atoms with E-state index in [-0.39, 0.29) is 18.6 Å². The molecule has 28 heavy (non-hydrogen) atoms. The molecule has 0 aliphatic carbocycles. The van der Waals surface area contributed by atoms with Crippen LogP contribution in [0.3, 0.4) is 0 Å². The number of fused-ring (bicyclic) bond motifs is 1. The Hall–Kier alpha value is -2.73. The Morgan fingerprint density at radius 2 is 1.82 bits per heavy atom. The SMILES string of the molecule is Cc1cc(O)c(C[NH+]2CCC(C(=O)Nc3ccc4c(c3)OCO4)CC2)cc1C. The molecule has 2 aliphatic heterocycles. The molecule has 0 spiro atoms. The lowest BCUT2D eigenvalue weighted by Gasteiger charge is -2.29. The Bertz CT molecular complexity index is 888. The summed E-state index contributed by atoms with van der Waals surface area (Å²) in [6.07, 6.45) is 1.69. The van der Waals surface area contributed by atoms with Crippen molar-refractivity contribution >= 4 is 11.6 Å². The first-order valence-electron chi connectivity index (χ1n) is 9.83. The predicted molar refractivity (Wildman–Crippen MR) is 106 cm³/mol. The monoisotopic (exact) mass is 383 g/mol. The number of benzene rings is 2. The minimum atomic E-state index is 0.0162. The first kappa shape index (κ1) is 18.6. The van der Waals surface area contributed by atoms with Gasteiger partial charge in [0.2, 0.25) is 12.7 Å². The molecule has 1 fully saturated rings. The van der Waals surface area contributed by atoms with E-state index in [0.29, 0.717) is 17.2 Å².